The number of phosphoric ester groups is 1. The van der Waals surface area contributed by atoms with Gasteiger partial charge in [-0.15, -0.1) is 0 Å². The summed E-state index contributed by atoms with van der Waals surface area (Å²) in [5.74, 6) is -1.28. The summed E-state index contributed by atoms with van der Waals surface area (Å²) >= 11 is 0. The maximum Gasteiger partial charge on any atom is 1.00 e. The van der Waals surface area contributed by atoms with Gasteiger partial charge in [0.2, 0.25) is 0 Å². The number of aliphatic hydroxyl groups excluding tert-OH is 3. The van der Waals surface area contributed by atoms with Crippen LogP contribution in [0.4, 0.5) is 0 Å². The van der Waals surface area contributed by atoms with Gasteiger partial charge < -0.3 is 44.4 Å². The minimum atomic E-state index is -5.34. The number of ketones is 4. The summed E-state index contributed by atoms with van der Waals surface area (Å²) in [5.41, 5.74) is -3.81. The molecule has 0 radical (unpaired) electrons. The van der Waals surface area contributed by atoms with E-state index in [9.17, 15) is 59.1 Å². The molecule has 0 amide bonds. The largest absolute Gasteiger partial charge is 1.00 e. The van der Waals surface area contributed by atoms with Crippen LogP contribution in [-0.2, 0) is 28.3 Å². The van der Waals surface area contributed by atoms with Gasteiger partial charge in [-0.1, -0.05) is 51.0 Å². The monoisotopic (exact) mass is 844 g/mol. The smallest absolute Gasteiger partial charge is 0.790 e. The minimum absolute atomic E-state index is 0. The Morgan fingerprint density at radius 2 is 1.14 bits per heavy atom. The van der Waals surface area contributed by atoms with Crippen LogP contribution in [0.1, 0.15) is 91.9 Å². The zero-order valence-electron chi connectivity index (χ0n) is 34.5. The van der Waals surface area contributed by atoms with Gasteiger partial charge in [-0.05, 0) is 112 Å². The predicted octanol–water partition coefficient (Wildman–Crippen LogP) is -4.02. The van der Waals surface area contributed by atoms with Crippen molar-refractivity contribution in [1.29, 1.82) is 0 Å². The van der Waals surface area contributed by atoms with Crippen LogP contribution in [-0.4, -0.2) is 85.3 Å². The first-order valence-electron chi connectivity index (χ1n) is 20.0. The fourth-order valence-corrected chi connectivity index (χ4v) is 14.2. The molecule has 0 saturated heterocycles. The van der Waals surface area contributed by atoms with Gasteiger partial charge in [0.05, 0.1) is 20.0 Å². The number of carbonyl (C=O) groups excluding carboxylic acids is 4. The van der Waals surface area contributed by atoms with Gasteiger partial charge in [-0.3, -0.25) is 19.2 Å². The molecule has 8 rings (SSSR count). The first-order valence-corrected chi connectivity index (χ1v) is 21.5. The molecule has 308 valence electrons. The zero-order chi connectivity index (χ0) is 41.0. The third kappa shape index (κ3) is 7.39. The Labute approximate surface area is 384 Å². The van der Waals surface area contributed by atoms with Crippen molar-refractivity contribution in [3.8, 4) is 0 Å². The second kappa shape index (κ2) is 16.6. The molecule has 0 aromatic heterocycles. The Morgan fingerprint density at radius 1 is 0.741 bits per heavy atom. The Balaban J connectivity index is 0.000000215. The third-order valence-electron chi connectivity index (χ3n) is 16.7. The molecule has 8 aliphatic rings. The van der Waals surface area contributed by atoms with E-state index in [0.717, 1.165) is 36.8 Å². The molecule has 8 aliphatic carbocycles. The van der Waals surface area contributed by atoms with Crippen LogP contribution in [0.5, 0.6) is 0 Å². The van der Waals surface area contributed by atoms with Crippen molar-refractivity contribution in [2.24, 2.45) is 57.2 Å². The van der Waals surface area contributed by atoms with Gasteiger partial charge in [-0.25, -0.2) is 0 Å². The molecule has 5 N–H and O–H groups in total. The van der Waals surface area contributed by atoms with E-state index in [0.29, 0.717) is 25.7 Å². The number of aliphatic hydroxyl groups is 5. The van der Waals surface area contributed by atoms with Crippen molar-refractivity contribution >= 4 is 31.0 Å². The summed E-state index contributed by atoms with van der Waals surface area (Å²) in [7, 11) is -5.34. The molecule has 0 bridgehead atoms. The van der Waals surface area contributed by atoms with Crippen LogP contribution in [0.2, 0.25) is 0 Å². The molecule has 58 heavy (non-hydrogen) atoms. The summed E-state index contributed by atoms with van der Waals surface area (Å²) in [6, 6.07) is 0. The van der Waals surface area contributed by atoms with Crippen molar-refractivity contribution in [1.82, 2.24) is 0 Å². The number of Topliss-reactive ketones (excluding diaryl/α,β-unsaturated/α-hetero) is 2. The van der Waals surface area contributed by atoms with Crippen molar-refractivity contribution in [2.45, 2.75) is 115 Å². The molecule has 13 nitrogen and oxygen atoms in total. The van der Waals surface area contributed by atoms with E-state index < -0.39 is 72.3 Å². The van der Waals surface area contributed by atoms with Gasteiger partial charge in [0.25, 0.3) is 0 Å². The van der Waals surface area contributed by atoms with Gasteiger partial charge in [0, 0.05) is 33.5 Å². The topological polar surface area (TPSA) is 242 Å². The van der Waals surface area contributed by atoms with Crippen LogP contribution < -0.4 is 68.9 Å². The maximum absolute atomic E-state index is 12.8. The standard InChI is InChI=1S/C21H29O8P.C21H28O5.2Na/c1-19-7-5-13(22)9-12(19)3-4-14-15-6-8-21(25,17(24)11-29-30(26,27)28)20(15,2)10-16(23)18(14)19;1-19-7-5-13(23)9-12(19)3-4-14-15-6-8-21(26,17(25)11-22)20(15,2)10-16(24)18(14)19;;/h5,7,9,14-16,18,23,25H,3-4,6,8,10-11H2,1-2H3,(H2,26,27,28);5,7,9,14-16,18,22,24,26H,3-4,6,8,10-11H2,1-2H3;;/q;;2*+1/p-2/t2*14-,15-,16-,18+,19-,20-,21-;;/m00../s1. The third-order valence-corrected chi connectivity index (χ3v) is 17.2. The first-order chi connectivity index (χ1) is 26.0. The van der Waals surface area contributed by atoms with Crippen molar-refractivity contribution in [3.05, 3.63) is 47.6 Å². The van der Waals surface area contributed by atoms with Crippen LogP contribution in [0.15, 0.2) is 47.6 Å². The second-order valence-corrected chi connectivity index (χ2v) is 20.1. The second-order valence-electron chi connectivity index (χ2n) is 18.9. The van der Waals surface area contributed by atoms with E-state index in [1.54, 1.807) is 31.2 Å². The Morgan fingerprint density at radius 3 is 1.52 bits per heavy atom. The summed E-state index contributed by atoms with van der Waals surface area (Å²) < 4.78 is 14.9. The van der Waals surface area contributed by atoms with Crippen LogP contribution in [0.3, 0.4) is 0 Å². The molecule has 0 spiro atoms. The number of allylic oxidation sites excluding steroid dienone is 8. The van der Waals surface area contributed by atoms with E-state index in [1.165, 1.54) is 0 Å². The average molecular weight is 845 g/mol. The minimum Gasteiger partial charge on any atom is -0.790 e. The summed E-state index contributed by atoms with van der Waals surface area (Å²) in [6.07, 6.45) is 14.2. The van der Waals surface area contributed by atoms with E-state index >= 15 is 0 Å². The van der Waals surface area contributed by atoms with E-state index in [1.807, 2.05) is 26.0 Å². The molecule has 0 heterocycles. The van der Waals surface area contributed by atoms with Gasteiger partial charge >= 0.3 is 59.1 Å². The molecule has 0 aromatic carbocycles. The predicted molar refractivity (Wildman–Crippen MR) is 197 cm³/mol. The number of hydrogen-bond donors (Lipinski definition) is 5. The van der Waals surface area contributed by atoms with E-state index in [2.05, 4.69) is 11.4 Å². The molecule has 6 saturated carbocycles. The summed E-state index contributed by atoms with van der Waals surface area (Å²) in [5, 5.41) is 54.2. The molecule has 6 fully saturated rings. The molecular formula is C42H55Na2O13P. The molecule has 0 unspecified atom stereocenters. The van der Waals surface area contributed by atoms with Crippen molar-refractivity contribution in [3.63, 3.8) is 0 Å². The van der Waals surface area contributed by atoms with E-state index in [4.69, 9.17) is 0 Å². The SMILES string of the molecule is C[C@]12C=CC(=O)C=C1CC[C@@H]1[C@@H]2[C@@H](O)C[C@@]2(C)[C@H]1CC[C@]2(O)C(=O)CO.C[C@]12C=CC(=O)C=C1CC[C@@H]1[C@@H]2[C@@H](O)C[C@@]2(C)[C@H]1CC[C@]2(O)C(=O)COP(=O)([O-])[O-].[Na+].[Na+]. The molecule has 0 aromatic rings. The molecule has 16 heteroatoms. The van der Waals surface area contributed by atoms with Gasteiger partial charge in [-0.2, -0.15) is 0 Å². The number of fused-ring (bicyclic) bond motifs is 10. The summed E-state index contributed by atoms with van der Waals surface area (Å²) in [6.45, 7) is 6.14. The van der Waals surface area contributed by atoms with Gasteiger partial charge in [0.1, 0.15) is 24.4 Å². The quantitative estimate of drug-likeness (QED) is 0.127. The molecule has 0 aliphatic heterocycles. The molecular weight excluding hydrogens is 789 g/mol. The molecule has 14 atom stereocenters. The summed E-state index contributed by atoms with van der Waals surface area (Å²) in [4.78, 5) is 70.3. The first kappa shape index (κ1) is 48.6. The van der Waals surface area contributed by atoms with Gasteiger partial charge in [0.15, 0.2) is 23.1 Å². The van der Waals surface area contributed by atoms with Crippen molar-refractivity contribution in [2.75, 3.05) is 13.2 Å². The van der Waals surface area contributed by atoms with Crippen molar-refractivity contribution < 1.29 is 123 Å². The zero-order valence-corrected chi connectivity index (χ0v) is 39.4. The fourth-order valence-electron chi connectivity index (χ4n) is 14.0. The number of hydrogen-bond acceptors (Lipinski definition) is 13. The normalized spacial score (nSPS) is 45.8. The Hall–Kier alpha value is -0.450. The number of carbonyl (C=O) groups is 4. The Kier molecular flexibility index (Phi) is 13.9. The fraction of sp³-hybridized carbons (Fsp3) is 0.714. The Bertz CT molecular complexity index is 1890. The van der Waals surface area contributed by atoms with Crippen LogP contribution >= 0.6 is 7.82 Å². The van der Waals surface area contributed by atoms with Crippen LogP contribution in [0, 0.1) is 57.2 Å². The number of rotatable bonds is 6. The van der Waals surface area contributed by atoms with E-state index in [-0.39, 0.29) is 124 Å². The number of phosphoric acid groups is 1. The van der Waals surface area contributed by atoms with Crippen LogP contribution in [0.25, 0.3) is 0 Å². The maximum atomic E-state index is 12.8. The average Bonchev–Trinajstić information content (AvgIpc) is 3.55.